The first kappa shape index (κ1) is 24.4. The van der Waals surface area contributed by atoms with Gasteiger partial charge in [0.1, 0.15) is 0 Å². The molecule has 3 aromatic carbocycles. The highest BCUT2D eigenvalue weighted by Crippen LogP contribution is 2.39. The first-order valence-electron chi connectivity index (χ1n) is 10.9. The van der Waals surface area contributed by atoms with Gasteiger partial charge in [0.2, 0.25) is 0 Å². The monoisotopic (exact) mass is 452 g/mol. The van der Waals surface area contributed by atoms with Crippen molar-refractivity contribution in [2.75, 3.05) is 0 Å². The van der Waals surface area contributed by atoms with E-state index in [1.165, 1.54) is 16.7 Å². The second-order valence-corrected chi connectivity index (χ2v) is 10.4. The Bertz CT molecular complexity index is 1040. The third-order valence-electron chi connectivity index (χ3n) is 5.50. The minimum Gasteiger partial charge on any atom is -0.326 e. The molecule has 0 amide bonds. The molecule has 0 heterocycles. The van der Waals surface area contributed by atoms with E-state index in [-0.39, 0.29) is 6.16 Å². The Kier molecular flexibility index (Phi) is 8.41. The van der Waals surface area contributed by atoms with E-state index >= 15 is 0 Å². The summed E-state index contributed by atoms with van der Waals surface area (Å²) in [5, 5.41) is 0. The van der Waals surface area contributed by atoms with Gasteiger partial charge in [-0.2, -0.15) is 0 Å². The molecule has 0 aliphatic carbocycles. The van der Waals surface area contributed by atoms with Gasteiger partial charge in [-0.05, 0) is 39.3 Å². The normalized spacial score (nSPS) is 12.0. The number of benzene rings is 3. The van der Waals surface area contributed by atoms with Gasteiger partial charge in [0, 0.05) is 26.2 Å². The van der Waals surface area contributed by atoms with Crippen molar-refractivity contribution in [3.05, 3.63) is 106 Å². The number of rotatable bonds is 10. The maximum Gasteiger partial charge on any atom is 0.329 e. The van der Waals surface area contributed by atoms with Gasteiger partial charge >= 0.3 is 7.60 Å². The smallest absolute Gasteiger partial charge is 0.326 e. The highest BCUT2D eigenvalue weighted by atomic mass is 31.2. The van der Waals surface area contributed by atoms with Gasteiger partial charge in [0.25, 0.3) is 0 Å². The lowest BCUT2D eigenvalue weighted by molar-refractivity contribution is 0.247. The van der Waals surface area contributed by atoms with E-state index in [1.807, 2.05) is 24.3 Å². The van der Waals surface area contributed by atoms with E-state index in [0.717, 1.165) is 30.8 Å². The van der Waals surface area contributed by atoms with Crippen molar-refractivity contribution < 1.29 is 14.4 Å². The summed E-state index contributed by atoms with van der Waals surface area (Å²) in [6, 6.07) is 24.7. The molecule has 0 saturated heterocycles. The fraction of sp³-hybridized carbons (Fsp3) is 0.308. The lowest BCUT2D eigenvalue weighted by Gasteiger charge is -2.23. The van der Waals surface area contributed by atoms with Crippen LogP contribution in [-0.4, -0.2) is 14.7 Å². The zero-order chi connectivity index (χ0) is 23.1. The molecular weight excluding hydrogens is 419 g/mol. The standard InChI is InChI=1S/C26H33N2O3P/c1-20(2)26-12-10-22(11-13-26)17-28(18-25-5-3-4-24(14-25)15-27)16-21-6-8-23(9-7-21)19-32(29,30)31/h3-14,20H,15-19,27H2,1-2H3,(H2,29,30,31). The predicted molar refractivity (Wildman–Crippen MR) is 130 cm³/mol. The summed E-state index contributed by atoms with van der Waals surface area (Å²) < 4.78 is 11.3. The van der Waals surface area contributed by atoms with E-state index in [1.54, 1.807) is 12.1 Å². The number of nitrogens with zero attached hydrogens (tertiary/aromatic N) is 1. The van der Waals surface area contributed by atoms with Crippen molar-refractivity contribution in [1.29, 1.82) is 0 Å². The Labute approximate surface area is 191 Å². The molecule has 0 unspecified atom stereocenters. The van der Waals surface area contributed by atoms with Crippen LogP contribution >= 0.6 is 7.60 Å². The van der Waals surface area contributed by atoms with Crippen molar-refractivity contribution in [1.82, 2.24) is 4.90 Å². The van der Waals surface area contributed by atoms with E-state index in [0.29, 0.717) is 18.0 Å². The molecule has 5 nitrogen and oxygen atoms in total. The summed E-state index contributed by atoms with van der Waals surface area (Å²) in [4.78, 5) is 20.8. The fourth-order valence-corrected chi connectivity index (χ4v) is 4.48. The van der Waals surface area contributed by atoms with E-state index in [9.17, 15) is 14.4 Å². The molecule has 4 N–H and O–H groups in total. The molecule has 0 bridgehead atoms. The molecule has 3 aromatic rings. The van der Waals surface area contributed by atoms with Crippen LogP contribution in [0.25, 0.3) is 0 Å². The van der Waals surface area contributed by atoms with E-state index in [4.69, 9.17) is 5.73 Å². The molecule has 0 fully saturated rings. The topological polar surface area (TPSA) is 86.8 Å². The summed E-state index contributed by atoms with van der Waals surface area (Å²) in [7, 11) is -4.06. The summed E-state index contributed by atoms with van der Waals surface area (Å²) in [6.45, 7) is 7.23. The number of nitrogens with two attached hydrogens (primary N) is 1. The first-order valence-corrected chi connectivity index (χ1v) is 12.7. The quantitative estimate of drug-likeness (QED) is 0.371. The van der Waals surface area contributed by atoms with Crippen molar-refractivity contribution in [2.45, 2.75) is 52.1 Å². The Morgan fingerprint density at radius 2 is 1.28 bits per heavy atom. The Hall–Kier alpha value is -2.27. The highest BCUT2D eigenvalue weighted by Gasteiger charge is 2.14. The van der Waals surface area contributed by atoms with Crippen LogP contribution in [-0.2, 0) is 36.9 Å². The average Bonchev–Trinajstić information content (AvgIpc) is 2.74. The van der Waals surface area contributed by atoms with Crippen LogP contribution in [0.3, 0.4) is 0 Å². The lowest BCUT2D eigenvalue weighted by Crippen LogP contribution is -2.22. The van der Waals surface area contributed by atoms with Crippen molar-refractivity contribution >= 4 is 7.60 Å². The van der Waals surface area contributed by atoms with Crippen LogP contribution in [0.2, 0.25) is 0 Å². The van der Waals surface area contributed by atoms with Crippen LogP contribution in [0.4, 0.5) is 0 Å². The molecule has 0 aliphatic heterocycles. The summed E-state index contributed by atoms with van der Waals surface area (Å²) in [5.74, 6) is 0.505. The Morgan fingerprint density at radius 1 is 0.781 bits per heavy atom. The zero-order valence-corrected chi connectivity index (χ0v) is 19.7. The molecule has 6 heteroatoms. The third kappa shape index (κ3) is 7.70. The van der Waals surface area contributed by atoms with Gasteiger partial charge in [-0.25, -0.2) is 0 Å². The Morgan fingerprint density at radius 3 is 1.81 bits per heavy atom. The van der Waals surface area contributed by atoms with Gasteiger partial charge in [0.05, 0.1) is 6.16 Å². The second-order valence-electron chi connectivity index (χ2n) is 8.70. The fourth-order valence-electron chi connectivity index (χ4n) is 3.79. The summed E-state index contributed by atoms with van der Waals surface area (Å²) in [5.41, 5.74) is 12.5. The van der Waals surface area contributed by atoms with Gasteiger partial charge in [-0.15, -0.1) is 0 Å². The first-order chi connectivity index (χ1) is 15.2. The van der Waals surface area contributed by atoms with Gasteiger partial charge in [-0.1, -0.05) is 86.6 Å². The van der Waals surface area contributed by atoms with E-state index < -0.39 is 7.60 Å². The van der Waals surface area contributed by atoms with Gasteiger partial charge in [-0.3, -0.25) is 9.46 Å². The molecule has 32 heavy (non-hydrogen) atoms. The Balaban J connectivity index is 1.78. The molecule has 170 valence electrons. The molecule has 0 aromatic heterocycles. The number of hydrogen-bond acceptors (Lipinski definition) is 3. The predicted octanol–water partition coefficient (Wildman–Crippen LogP) is 5.15. The SMILES string of the molecule is CC(C)c1ccc(CN(Cc2ccc(CP(=O)(O)O)cc2)Cc2cccc(CN)c2)cc1. The average molecular weight is 453 g/mol. The lowest BCUT2D eigenvalue weighted by atomic mass is 10.0. The maximum absolute atomic E-state index is 11.3. The molecule has 0 spiro atoms. The molecule has 3 rings (SSSR count). The molecular formula is C26H33N2O3P. The molecule has 0 aliphatic rings. The zero-order valence-electron chi connectivity index (χ0n) is 18.8. The van der Waals surface area contributed by atoms with Crippen molar-refractivity contribution in [2.24, 2.45) is 5.73 Å². The van der Waals surface area contributed by atoms with Crippen LogP contribution in [0, 0.1) is 0 Å². The van der Waals surface area contributed by atoms with Gasteiger partial charge < -0.3 is 15.5 Å². The third-order valence-corrected chi connectivity index (χ3v) is 6.28. The van der Waals surface area contributed by atoms with Crippen LogP contribution < -0.4 is 5.73 Å². The minimum absolute atomic E-state index is 0.231. The van der Waals surface area contributed by atoms with E-state index in [2.05, 4.69) is 55.1 Å². The second kappa shape index (κ2) is 11.0. The van der Waals surface area contributed by atoms with Crippen LogP contribution in [0.1, 0.15) is 53.1 Å². The van der Waals surface area contributed by atoms with Gasteiger partial charge in [0.15, 0.2) is 0 Å². The van der Waals surface area contributed by atoms with Crippen LogP contribution in [0.15, 0.2) is 72.8 Å². The van der Waals surface area contributed by atoms with Crippen LogP contribution in [0.5, 0.6) is 0 Å². The number of hydrogen-bond donors (Lipinski definition) is 3. The summed E-state index contributed by atoms with van der Waals surface area (Å²) in [6.07, 6.45) is -0.231. The molecule has 0 saturated carbocycles. The maximum atomic E-state index is 11.3. The highest BCUT2D eigenvalue weighted by molar-refractivity contribution is 7.50. The summed E-state index contributed by atoms with van der Waals surface area (Å²) >= 11 is 0. The minimum atomic E-state index is -4.06. The van der Waals surface area contributed by atoms with Crippen molar-refractivity contribution in [3.8, 4) is 0 Å². The molecule has 0 atom stereocenters. The molecule has 0 radical (unpaired) electrons. The largest absolute Gasteiger partial charge is 0.329 e. The van der Waals surface area contributed by atoms with Crippen molar-refractivity contribution in [3.63, 3.8) is 0 Å².